The maximum absolute atomic E-state index is 14.5. The predicted octanol–water partition coefficient (Wildman–Crippen LogP) is 2.60. The molecule has 0 aromatic heterocycles. The highest BCUT2D eigenvalue weighted by Gasteiger charge is 2.44. The third kappa shape index (κ3) is 19.1. The van der Waals surface area contributed by atoms with Crippen LogP contribution in [0.15, 0.2) is 42.5 Å². The van der Waals surface area contributed by atoms with Crippen LogP contribution in [0.1, 0.15) is 125 Å². The Kier molecular flexibility index (Phi) is 27.4. The molecule has 2 heterocycles. The number of ether oxygens (including phenoxy) is 2. The molecule has 3 rings (SSSR count). The molecule has 9 amide bonds. The van der Waals surface area contributed by atoms with E-state index in [0.717, 1.165) is 10.5 Å². The Morgan fingerprint density at radius 1 is 0.763 bits per heavy atom. The fourth-order valence-electron chi connectivity index (χ4n) is 10.5. The second-order valence-corrected chi connectivity index (χ2v) is 21.1. The number of aliphatic hydroxyl groups excluding tert-OH is 1. The highest BCUT2D eigenvalue weighted by atomic mass is 16.5. The second-order valence-electron chi connectivity index (χ2n) is 21.1. The van der Waals surface area contributed by atoms with Crippen molar-refractivity contribution in [1.29, 1.82) is 0 Å². The number of imide groups is 2. The van der Waals surface area contributed by atoms with Crippen LogP contribution < -0.4 is 26.8 Å². The third-order valence-electron chi connectivity index (χ3n) is 14.7. The van der Waals surface area contributed by atoms with Gasteiger partial charge in [0.15, 0.2) is 0 Å². The molecule has 0 spiro atoms. The number of carbonyl (C=O) groups excluding carboxylic acids is 9. The van der Waals surface area contributed by atoms with Gasteiger partial charge in [-0.05, 0) is 83.0 Å². The molecule has 0 aliphatic carbocycles. The average Bonchev–Trinajstić information content (AvgIpc) is 3.99. The van der Waals surface area contributed by atoms with E-state index in [1.54, 1.807) is 23.8 Å². The second kappa shape index (κ2) is 32.2. The highest BCUT2D eigenvalue weighted by molar-refractivity contribution is 6.12. The van der Waals surface area contributed by atoms with Crippen molar-refractivity contribution in [3.05, 3.63) is 48.0 Å². The largest absolute Gasteiger partial charge is 0.391 e. The summed E-state index contributed by atoms with van der Waals surface area (Å²) in [6, 6.07) is 5.58. The molecule has 21 heteroatoms. The molecule has 21 nitrogen and oxygen atoms in total. The van der Waals surface area contributed by atoms with Gasteiger partial charge in [0.05, 0.1) is 48.8 Å². The Morgan fingerprint density at radius 3 is 1.91 bits per heavy atom. The SMILES string of the molecule is CC[C@H](C)[C@@H]([C@@H](CC(=O)N1CCC[C@H]1[C@H](OC)[C@@H](C)C(=O)N[C@H](C(=O)NCc1ccccc1)[C@@H](C)O)OC)N(C)[C@H](C(=O)NC(=O)[C@H](C(C)C)N(C)CCCC(=O)NNC(=O)CCCCCN1C(=O)C=CC1=O)C(C)C. The van der Waals surface area contributed by atoms with Gasteiger partial charge in [-0.25, -0.2) is 0 Å². The molecule has 2 aliphatic heterocycles. The first-order chi connectivity index (χ1) is 36.0. The molecular weight excluding hydrogens is 979 g/mol. The van der Waals surface area contributed by atoms with E-state index in [1.807, 2.05) is 83.8 Å². The molecule has 426 valence electrons. The van der Waals surface area contributed by atoms with Gasteiger partial charge in [0.25, 0.3) is 11.8 Å². The number of hydrazine groups is 1. The molecular formula is C55H89N9O12. The van der Waals surface area contributed by atoms with E-state index >= 15 is 0 Å². The molecule has 1 fully saturated rings. The van der Waals surface area contributed by atoms with Crippen molar-refractivity contribution in [3.63, 3.8) is 0 Å². The number of rotatable bonds is 32. The van der Waals surface area contributed by atoms with E-state index in [4.69, 9.17) is 9.47 Å². The number of methoxy groups -OCH3 is 2. The summed E-state index contributed by atoms with van der Waals surface area (Å²) >= 11 is 0. The van der Waals surface area contributed by atoms with Crippen molar-refractivity contribution in [2.75, 3.05) is 47.9 Å². The maximum atomic E-state index is 14.5. The number of carbonyl (C=O) groups is 9. The quantitative estimate of drug-likeness (QED) is 0.0345. The van der Waals surface area contributed by atoms with Crippen LogP contribution in [-0.4, -0.2) is 174 Å². The summed E-state index contributed by atoms with van der Waals surface area (Å²) in [5.41, 5.74) is 5.69. The lowest BCUT2D eigenvalue weighted by Crippen LogP contribution is -2.60. The molecule has 10 atom stereocenters. The first-order valence-electron chi connectivity index (χ1n) is 27.0. The number of likely N-dealkylation sites (N-methyl/N-ethyl adjacent to an activating group) is 2. The summed E-state index contributed by atoms with van der Waals surface area (Å²) in [7, 11) is 6.58. The van der Waals surface area contributed by atoms with Gasteiger partial charge in [-0.15, -0.1) is 0 Å². The fourth-order valence-corrected chi connectivity index (χ4v) is 10.5. The highest BCUT2D eigenvalue weighted by Crippen LogP contribution is 2.31. The van der Waals surface area contributed by atoms with Gasteiger partial charge in [0.1, 0.15) is 6.04 Å². The zero-order valence-electron chi connectivity index (χ0n) is 47.1. The Bertz CT molecular complexity index is 2110. The smallest absolute Gasteiger partial charge is 0.253 e. The van der Waals surface area contributed by atoms with Crippen molar-refractivity contribution in [2.45, 2.75) is 175 Å². The van der Waals surface area contributed by atoms with E-state index < -0.39 is 84.0 Å². The molecule has 0 unspecified atom stereocenters. The topological polar surface area (TPSA) is 265 Å². The number of hydrogen-bond donors (Lipinski definition) is 6. The molecule has 1 aromatic rings. The van der Waals surface area contributed by atoms with Crippen molar-refractivity contribution < 1.29 is 57.7 Å². The van der Waals surface area contributed by atoms with Gasteiger partial charge in [-0.1, -0.05) is 91.6 Å². The molecule has 0 saturated carbocycles. The minimum absolute atomic E-state index is 0.0435. The maximum Gasteiger partial charge on any atom is 0.253 e. The summed E-state index contributed by atoms with van der Waals surface area (Å²) in [5.74, 6) is -5.09. The zero-order chi connectivity index (χ0) is 56.8. The third-order valence-corrected chi connectivity index (χ3v) is 14.7. The lowest BCUT2D eigenvalue weighted by atomic mass is 9.87. The first-order valence-corrected chi connectivity index (χ1v) is 27.0. The molecule has 0 radical (unpaired) electrons. The number of likely N-dealkylation sites (tertiary alicyclic amines) is 1. The molecule has 1 saturated heterocycles. The number of benzene rings is 1. The van der Waals surface area contributed by atoms with Crippen LogP contribution in [0, 0.1) is 23.7 Å². The molecule has 1 aromatic carbocycles. The van der Waals surface area contributed by atoms with Crippen LogP contribution in [0.2, 0.25) is 0 Å². The van der Waals surface area contributed by atoms with Crippen molar-refractivity contribution >= 4 is 53.2 Å². The molecule has 2 aliphatic rings. The van der Waals surface area contributed by atoms with E-state index in [-0.39, 0.29) is 73.7 Å². The van der Waals surface area contributed by atoms with Crippen LogP contribution >= 0.6 is 0 Å². The van der Waals surface area contributed by atoms with E-state index in [2.05, 4.69) is 26.8 Å². The molecule has 76 heavy (non-hydrogen) atoms. The summed E-state index contributed by atoms with van der Waals surface area (Å²) < 4.78 is 12.1. The number of unbranched alkanes of at least 4 members (excludes halogenated alkanes) is 2. The van der Waals surface area contributed by atoms with Gasteiger partial charge in [0.2, 0.25) is 41.4 Å². The van der Waals surface area contributed by atoms with Crippen LogP contribution in [-0.2, 0) is 59.2 Å². The number of amides is 9. The zero-order valence-corrected chi connectivity index (χ0v) is 47.1. The standard InChI is InChI=1S/C55H89N9O12/c1-13-36(6)50(41(75-11)32-46(70)63-31-20-24-40(63)51(76-12)37(7)52(71)57-47(38(8)65)53(72)56-33-39-22-16-14-17-23-39)62(10)49(35(4)5)55(74)58-54(73)48(34(2)3)61(9)29-21-26-43(67)60-59-42(66)25-18-15-19-30-64-44(68)27-28-45(64)69/h14,16-17,22-23,27-28,34-38,40-41,47-51,65H,13,15,18-21,24-26,29-33H2,1-12H3,(H,56,72)(H,57,71)(H,59,66)(H,60,67)(H,58,73,74)/t36-,37+,38+,40-,41+,47-,48-,49-,50-,51+/m0/s1. The van der Waals surface area contributed by atoms with Gasteiger partial charge in [0, 0.05) is 64.9 Å². The van der Waals surface area contributed by atoms with Crippen LogP contribution in [0.4, 0.5) is 0 Å². The Labute approximate surface area is 450 Å². The Balaban J connectivity index is 1.61. The number of nitrogens with one attached hydrogen (secondary N) is 5. The lowest BCUT2D eigenvalue weighted by Gasteiger charge is -2.43. The monoisotopic (exact) mass is 1070 g/mol. The van der Waals surface area contributed by atoms with Crippen molar-refractivity contribution in [1.82, 2.24) is 46.4 Å². The predicted molar refractivity (Wildman–Crippen MR) is 286 cm³/mol. The normalized spacial score (nSPS) is 18.2. The van der Waals surface area contributed by atoms with E-state index in [9.17, 15) is 48.3 Å². The summed E-state index contributed by atoms with van der Waals surface area (Å²) in [6.07, 6.45) is 3.97. The number of aliphatic hydroxyl groups is 1. The van der Waals surface area contributed by atoms with Crippen LogP contribution in [0.25, 0.3) is 0 Å². The molecule has 0 bridgehead atoms. The summed E-state index contributed by atoms with van der Waals surface area (Å²) in [6.45, 7) is 15.9. The fraction of sp³-hybridized carbons (Fsp3) is 0.691. The van der Waals surface area contributed by atoms with E-state index in [1.165, 1.54) is 33.3 Å². The molecule has 6 N–H and O–H groups in total. The minimum Gasteiger partial charge on any atom is -0.391 e. The average molecular weight is 1070 g/mol. The van der Waals surface area contributed by atoms with E-state index in [0.29, 0.717) is 58.0 Å². The van der Waals surface area contributed by atoms with Crippen molar-refractivity contribution in [2.24, 2.45) is 23.7 Å². The summed E-state index contributed by atoms with van der Waals surface area (Å²) in [5, 5.41) is 18.7. The Morgan fingerprint density at radius 2 is 1.36 bits per heavy atom. The van der Waals surface area contributed by atoms with Crippen LogP contribution in [0.5, 0.6) is 0 Å². The van der Waals surface area contributed by atoms with Crippen LogP contribution in [0.3, 0.4) is 0 Å². The van der Waals surface area contributed by atoms with Gasteiger partial charge in [-0.2, -0.15) is 0 Å². The van der Waals surface area contributed by atoms with Gasteiger partial charge >= 0.3 is 0 Å². The first kappa shape index (κ1) is 64.7. The lowest BCUT2D eigenvalue weighted by molar-refractivity contribution is -0.145. The number of nitrogens with zero attached hydrogens (tertiary/aromatic N) is 4. The number of hydrogen-bond acceptors (Lipinski definition) is 14. The Hall–Kier alpha value is -5.61. The van der Waals surface area contributed by atoms with Crippen molar-refractivity contribution in [3.8, 4) is 0 Å². The van der Waals surface area contributed by atoms with Gasteiger partial charge < -0.3 is 30.1 Å². The minimum atomic E-state index is -1.23. The van der Waals surface area contributed by atoms with Gasteiger partial charge in [-0.3, -0.25) is 74.0 Å². The summed E-state index contributed by atoms with van der Waals surface area (Å²) in [4.78, 5) is 125.